The fourth-order valence-corrected chi connectivity index (χ4v) is 4.52. The van der Waals surface area contributed by atoms with Gasteiger partial charge in [0, 0.05) is 39.1 Å². The van der Waals surface area contributed by atoms with E-state index in [9.17, 15) is 9.90 Å². The molecule has 2 aromatic carbocycles. The molecule has 4 rings (SSSR count). The first kappa shape index (κ1) is 24.5. The van der Waals surface area contributed by atoms with Crippen molar-refractivity contribution < 1.29 is 24.1 Å². The second-order valence-corrected chi connectivity index (χ2v) is 9.43. The fraction of sp³-hybridized carbons (Fsp3) is 0.519. The lowest BCUT2D eigenvalue weighted by atomic mass is 10.1. The largest absolute Gasteiger partial charge is 0.494 e. The van der Waals surface area contributed by atoms with Gasteiger partial charge in [-0.2, -0.15) is 0 Å². The molecule has 2 saturated heterocycles. The van der Waals surface area contributed by atoms with Crippen LogP contribution in [0.5, 0.6) is 11.5 Å². The van der Waals surface area contributed by atoms with Crippen molar-refractivity contribution in [2.45, 2.75) is 38.3 Å². The van der Waals surface area contributed by atoms with Crippen LogP contribution in [0.25, 0.3) is 0 Å². The van der Waals surface area contributed by atoms with Gasteiger partial charge in [-0.15, -0.1) is 0 Å². The number of aryl methyl sites for hydroxylation is 1. The highest BCUT2D eigenvalue weighted by molar-refractivity contribution is 5.77. The number of carbonyl (C=O) groups excluding carboxylic acids is 1. The first-order valence-corrected chi connectivity index (χ1v) is 12.2. The standard InChI is InChI=1S/C27H36N2O5/c1-22-6-2-8-24(16-22)34-21-27(31)19-28(13-15-32-20-27)18-23-7-3-9-25(17-23)33-14-5-12-29-11-4-10-26(29)30/h2-3,6-9,16-17,31H,4-5,10-15,18-21H2,1H3/t27-/m0/s1. The monoisotopic (exact) mass is 468 g/mol. The van der Waals surface area contributed by atoms with Gasteiger partial charge in [0.15, 0.2) is 0 Å². The predicted molar refractivity (Wildman–Crippen MR) is 130 cm³/mol. The number of nitrogens with zero attached hydrogens (tertiary/aromatic N) is 2. The minimum absolute atomic E-state index is 0.176. The summed E-state index contributed by atoms with van der Waals surface area (Å²) in [4.78, 5) is 15.8. The van der Waals surface area contributed by atoms with Crippen LogP contribution in [0.1, 0.15) is 30.4 Å². The molecule has 2 heterocycles. The molecule has 1 amide bonds. The molecule has 0 bridgehead atoms. The summed E-state index contributed by atoms with van der Waals surface area (Å²) in [7, 11) is 0. The van der Waals surface area contributed by atoms with Gasteiger partial charge in [-0.1, -0.05) is 24.3 Å². The first-order valence-electron chi connectivity index (χ1n) is 12.2. The topological polar surface area (TPSA) is 71.5 Å². The summed E-state index contributed by atoms with van der Waals surface area (Å²) in [5.41, 5.74) is 1.16. The number of ether oxygens (including phenoxy) is 3. The number of benzene rings is 2. The van der Waals surface area contributed by atoms with Gasteiger partial charge in [0.1, 0.15) is 23.7 Å². The Morgan fingerprint density at radius 2 is 1.91 bits per heavy atom. The summed E-state index contributed by atoms with van der Waals surface area (Å²) in [6.45, 7) is 7.12. The molecule has 0 aromatic heterocycles. The van der Waals surface area contributed by atoms with E-state index in [4.69, 9.17) is 14.2 Å². The maximum Gasteiger partial charge on any atom is 0.222 e. The molecule has 2 aliphatic rings. The Morgan fingerprint density at radius 1 is 1.09 bits per heavy atom. The highest BCUT2D eigenvalue weighted by Crippen LogP contribution is 2.21. The van der Waals surface area contributed by atoms with Crippen molar-refractivity contribution in [3.63, 3.8) is 0 Å². The Morgan fingerprint density at radius 3 is 2.71 bits per heavy atom. The maximum absolute atomic E-state index is 11.7. The lowest BCUT2D eigenvalue weighted by Gasteiger charge is -2.30. The quantitative estimate of drug-likeness (QED) is 0.541. The number of amides is 1. The summed E-state index contributed by atoms with van der Waals surface area (Å²) < 4.78 is 17.5. The minimum Gasteiger partial charge on any atom is -0.494 e. The van der Waals surface area contributed by atoms with E-state index >= 15 is 0 Å². The van der Waals surface area contributed by atoms with Crippen LogP contribution < -0.4 is 9.47 Å². The second-order valence-electron chi connectivity index (χ2n) is 9.43. The molecule has 1 N–H and O–H groups in total. The van der Waals surface area contributed by atoms with E-state index in [0.29, 0.717) is 32.7 Å². The average molecular weight is 469 g/mol. The van der Waals surface area contributed by atoms with Gasteiger partial charge in [-0.25, -0.2) is 0 Å². The third-order valence-electron chi connectivity index (χ3n) is 6.25. The zero-order chi connectivity index (χ0) is 23.8. The minimum atomic E-state index is -1.08. The number of rotatable bonds is 10. The molecule has 0 aliphatic carbocycles. The lowest BCUT2D eigenvalue weighted by Crippen LogP contribution is -2.48. The molecule has 7 heteroatoms. The molecule has 2 fully saturated rings. The molecule has 184 valence electrons. The summed E-state index contributed by atoms with van der Waals surface area (Å²) in [6, 6.07) is 15.9. The molecule has 2 aliphatic heterocycles. The van der Waals surface area contributed by atoms with E-state index in [1.165, 1.54) is 0 Å². The SMILES string of the molecule is Cc1cccc(OC[C@@]2(O)COCCN(Cc3cccc(OCCCN4CCCC4=O)c3)C2)c1. The fourth-order valence-electron chi connectivity index (χ4n) is 4.52. The van der Waals surface area contributed by atoms with Gasteiger partial charge in [-0.05, 0) is 55.2 Å². The van der Waals surface area contributed by atoms with Crippen molar-refractivity contribution in [2.24, 2.45) is 0 Å². The van der Waals surface area contributed by atoms with E-state index in [1.807, 2.05) is 48.2 Å². The molecule has 2 aromatic rings. The van der Waals surface area contributed by atoms with Crippen molar-refractivity contribution in [3.8, 4) is 11.5 Å². The normalized spacial score (nSPS) is 21.5. The zero-order valence-electron chi connectivity index (χ0n) is 20.1. The zero-order valence-corrected chi connectivity index (χ0v) is 20.1. The van der Waals surface area contributed by atoms with Gasteiger partial charge in [0.05, 0.1) is 19.8 Å². The smallest absolute Gasteiger partial charge is 0.222 e. The van der Waals surface area contributed by atoms with Crippen LogP contribution in [0.4, 0.5) is 0 Å². The van der Waals surface area contributed by atoms with Crippen LogP contribution in [0, 0.1) is 6.92 Å². The van der Waals surface area contributed by atoms with Gasteiger partial charge >= 0.3 is 0 Å². The van der Waals surface area contributed by atoms with E-state index in [2.05, 4.69) is 17.0 Å². The number of hydrogen-bond acceptors (Lipinski definition) is 6. The second kappa shape index (κ2) is 11.7. The van der Waals surface area contributed by atoms with Crippen molar-refractivity contribution in [3.05, 3.63) is 59.7 Å². The molecular formula is C27H36N2O5. The van der Waals surface area contributed by atoms with Gasteiger partial charge in [0.25, 0.3) is 0 Å². The van der Waals surface area contributed by atoms with Crippen LogP contribution in [0.3, 0.4) is 0 Å². The van der Waals surface area contributed by atoms with Crippen LogP contribution in [-0.2, 0) is 16.1 Å². The van der Waals surface area contributed by atoms with Crippen molar-refractivity contribution in [2.75, 3.05) is 52.6 Å². The number of aliphatic hydroxyl groups is 1. The van der Waals surface area contributed by atoms with Crippen molar-refractivity contribution >= 4 is 5.91 Å². The van der Waals surface area contributed by atoms with Gasteiger partial charge in [-0.3, -0.25) is 9.69 Å². The molecule has 0 unspecified atom stereocenters. The Labute approximate surface area is 202 Å². The van der Waals surface area contributed by atoms with Gasteiger partial charge < -0.3 is 24.2 Å². The third-order valence-corrected chi connectivity index (χ3v) is 6.25. The lowest BCUT2D eigenvalue weighted by molar-refractivity contribution is -0.127. The molecule has 1 atom stereocenters. The Balaban J connectivity index is 1.27. The Bertz CT molecular complexity index is 952. The van der Waals surface area contributed by atoms with Gasteiger partial charge in [0.2, 0.25) is 5.91 Å². The van der Waals surface area contributed by atoms with Crippen LogP contribution in [0.15, 0.2) is 48.5 Å². The number of hydrogen-bond donors (Lipinski definition) is 1. The third kappa shape index (κ3) is 7.19. The predicted octanol–water partition coefficient (Wildman–Crippen LogP) is 3.03. The first-order chi connectivity index (χ1) is 16.5. The molecule has 34 heavy (non-hydrogen) atoms. The number of carbonyl (C=O) groups is 1. The summed E-state index contributed by atoms with van der Waals surface area (Å²) in [5.74, 6) is 1.84. The van der Waals surface area contributed by atoms with E-state index in [-0.39, 0.29) is 19.1 Å². The summed E-state index contributed by atoms with van der Waals surface area (Å²) >= 11 is 0. The highest BCUT2D eigenvalue weighted by Gasteiger charge is 2.33. The van der Waals surface area contributed by atoms with E-state index in [0.717, 1.165) is 55.1 Å². The molecular weight excluding hydrogens is 432 g/mol. The maximum atomic E-state index is 11.7. The molecule has 0 saturated carbocycles. The molecule has 0 radical (unpaired) electrons. The highest BCUT2D eigenvalue weighted by atomic mass is 16.5. The van der Waals surface area contributed by atoms with Crippen LogP contribution in [-0.4, -0.2) is 79.0 Å². The van der Waals surface area contributed by atoms with Crippen LogP contribution in [0.2, 0.25) is 0 Å². The average Bonchev–Trinajstić information content (AvgIpc) is 3.13. The Kier molecular flexibility index (Phi) is 8.43. The summed E-state index contributed by atoms with van der Waals surface area (Å²) in [6.07, 6.45) is 2.47. The van der Waals surface area contributed by atoms with E-state index in [1.54, 1.807) is 0 Å². The van der Waals surface area contributed by atoms with Crippen molar-refractivity contribution in [1.82, 2.24) is 9.80 Å². The van der Waals surface area contributed by atoms with Crippen molar-refractivity contribution in [1.29, 1.82) is 0 Å². The number of likely N-dealkylation sites (tertiary alicyclic amines) is 1. The molecule has 0 spiro atoms. The summed E-state index contributed by atoms with van der Waals surface area (Å²) in [5, 5.41) is 11.2. The Hall–Kier alpha value is -2.61. The van der Waals surface area contributed by atoms with E-state index < -0.39 is 5.60 Å². The van der Waals surface area contributed by atoms with Crippen LogP contribution >= 0.6 is 0 Å². The number of β-amino-alcohol motifs (C(OH)–C–C–N with tert-alkyl or cyclic N) is 1. The molecule has 7 nitrogen and oxygen atoms in total.